The summed E-state index contributed by atoms with van der Waals surface area (Å²) in [4.78, 5) is 14.2. The quantitative estimate of drug-likeness (QED) is 0.774. The standard InChI is InChI=1S/C17H25N3O3.2ClH/c1-22-14-7-13(8-15(9-14)23-2)20-6-3-12(11-20)10-19-16(21)17(18)4-5-17;;/h7-9,12H,3-6,10-11,18H2,1-2H3,(H,19,21);2*1H. The second kappa shape index (κ2) is 8.83. The lowest BCUT2D eigenvalue weighted by molar-refractivity contribution is -0.123. The Morgan fingerprint density at radius 2 is 1.84 bits per heavy atom. The molecule has 1 unspecified atom stereocenters. The number of rotatable bonds is 6. The van der Waals surface area contributed by atoms with Crippen LogP contribution in [0.15, 0.2) is 18.2 Å². The van der Waals surface area contributed by atoms with E-state index in [1.165, 1.54) is 0 Å². The number of carbonyl (C=O) groups excluding carboxylic acids is 1. The lowest BCUT2D eigenvalue weighted by atomic mass is 10.1. The maximum atomic E-state index is 11.9. The maximum Gasteiger partial charge on any atom is 0.240 e. The van der Waals surface area contributed by atoms with Crippen LogP contribution in [0.5, 0.6) is 11.5 Å². The first-order chi connectivity index (χ1) is 11.0. The Labute approximate surface area is 161 Å². The minimum atomic E-state index is -0.585. The number of hydrogen-bond acceptors (Lipinski definition) is 5. The molecule has 2 fully saturated rings. The van der Waals surface area contributed by atoms with Gasteiger partial charge in [-0.1, -0.05) is 0 Å². The second-order valence-corrected chi connectivity index (χ2v) is 6.54. The molecule has 6 nitrogen and oxygen atoms in total. The zero-order chi connectivity index (χ0) is 16.4. The van der Waals surface area contributed by atoms with Crippen LogP contribution in [0, 0.1) is 5.92 Å². The summed E-state index contributed by atoms with van der Waals surface area (Å²) in [6.07, 6.45) is 2.66. The predicted octanol–water partition coefficient (Wildman–Crippen LogP) is 1.98. The van der Waals surface area contributed by atoms with E-state index < -0.39 is 5.54 Å². The highest BCUT2D eigenvalue weighted by molar-refractivity contribution is 5.89. The van der Waals surface area contributed by atoms with E-state index in [2.05, 4.69) is 10.2 Å². The van der Waals surface area contributed by atoms with E-state index in [0.717, 1.165) is 49.5 Å². The van der Waals surface area contributed by atoms with E-state index >= 15 is 0 Å². The van der Waals surface area contributed by atoms with E-state index in [-0.39, 0.29) is 30.7 Å². The van der Waals surface area contributed by atoms with Crippen molar-refractivity contribution in [1.82, 2.24) is 5.32 Å². The normalized spacial score (nSPS) is 20.1. The van der Waals surface area contributed by atoms with Crippen molar-refractivity contribution >= 4 is 36.4 Å². The Morgan fingerprint density at radius 1 is 1.24 bits per heavy atom. The molecule has 1 aromatic carbocycles. The highest BCUT2D eigenvalue weighted by Gasteiger charge is 2.45. The third kappa shape index (κ3) is 5.06. The van der Waals surface area contributed by atoms with Gasteiger partial charge in [0.05, 0.1) is 19.8 Å². The largest absolute Gasteiger partial charge is 0.497 e. The van der Waals surface area contributed by atoms with Gasteiger partial charge >= 0.3 is 0 Å². The molecule has 8 heteroatoms. The zero-order valence-corrected chi connectivity index (χ0v) is 16.3. The molecule has 1 amide bonds. The average Bonchev–Trinajstić information content (AvgIpc) is 3.15. The van der Waals surface area contributed by atoms with Gasteiger partial charge in [0.15, 0.2) is 0 Å². The number of ether oxygens (including phenoxy) is 2. The fraction of sp³-hybridized carbons (Fsp3) is 0.588. The van der Waals surface area contributed by atoms with Gasteiger partial charge in [-0.25, -0.2) is 0 Å². The Morgan fingerprint density at radius 3 is 2.36 bits per heavy atom. The summed E-state index contributed by atoms with van der Waals surface area (Å²) in [5, 5.41) is 3.00. The van der Waals surface area contributed by atoms with Crippen LogP contribution in [0.4, 0.5) is 5.69 Å². The number of amides is 1. The average molecular weight is 392 g/mol. The van der Waals surface area contributed by atoms with Crippen LogP contribution in [0.25, 0.3) is 0 Å². The monoisotopic (exact) mass is 391 g/mol. The van der Waals surface area contributed by atoms with Gasteiger partial charge in [0.25, 0.3) is 0 Å². The molecule has 0 bridgehead atoms. The van der Waals surface area contributed by atoms with Gasteiger partial charge in [-0.3, -0.25) is 4.79 Å². The molecular weight excluding hydrogens is 365 g/mol. The lowest BCUT2D eigenvalue weighted by Gasteiger charge is -2.20. The third-order valence-corrected chi connectivity index (χ3v) is 4.78. The third-order valence-electron chi connectivity index (χ3n) is 4.78. The molecular formula is C17H27Cl2N3O3. The molecule has 1 aliphatic carbocycles. The summed E-state index contributed by atoms with van der Waals surface area (Å²) in [5.74, 6) is 2.02. The van der Waals surface area contributed by atoms with Crippen LogP contribution in [-0.4, -0.2) is 45.3 Å². The van der Waals surface area contributed by atoms with Crippen molar-refractivity contribution in [3.63, 3.8) is 0 Å². The minimum Gasteiger partial charge on any atom is -0.497 e. The zero-order valence-electron chi connectivity index (χ0n) is 14.6. The molecule has 0 radical (unpaired) electrons. The number of methoxy groups -OCH3 is 2. The van der Waals surface area contributed by atoms with Gasteiger partial charge in [0.2, 0.25) is 5.91 Å². The summed E-state index contributed by atoms with van der Waals surface area (Å²) in [6, 6.07) is 5.90. The number of halogens is 2. The molecule has 142 valence electrons. The first-order valence-electron chi connectivity index (χ1n) is 8.09. The van der Waals surface area contributed by atoms with Crippen molar-refractivity contribution in [2.24, 2.45) is 11.7 Å². The van der Waals surface area contributed by atoms with Crippen LogP contribution in [0.1, 0.15) is 19.3 Å². The smallest absolute Gasteiger partial charge is 0.240 e. The number of carbonyl (C=O) groups is 1. The summed E-state index contributed by atoms with van der Waals surface area (Å²) < 4.78 is 10.7. The SMILES string of the molecule is COc1cc(OC)cc(N2CCC(CNC(=O)C3(N)CC3)C2)c1.Cl.Cl. The molecule has 1 aliphatic heterocycles. The van der Waals surface area contributed by atoms with Gasteiger partial charge in [-0.05, 0) is 25.2 Å². The first-order valence-corrected chi connectivity index (χ1v) is 8.09. The Hall–Kier alpha value is -1.37. The van der Waals surface area contributed by atoms with Crippen molar-refractivity contribution in [2.45, 2.75) is 24.8 Å². The number of anilines is 1. The number of nitrogens with zero attached hydrogens (tertiary/aromatic N) is 1. The fourth-order valence-corrected chi connectivity index (χ4v) is 2.98. The Balaban J connectivity index is 0.00000156. The van der Waals surface area contributed by atoms with E-state index in [9.17, 15) is 4.79 Å². The first kappa shape index (κ1) is 21.7. The van der Waals surface area contributed by atoms with E-state index in [4.69, 9.17) is 15.2 Å². The van der Waals surface area contributed by atoms with Crippen molar-refractivity contribution < 1.29 is 14.3 Å². The molecule has 3 N–H and O–H groups in total. The van der Waals surface area contributed by atoms with Gasteiger partial charge < -0.3 is 25.4 Å². The van der Waals surface area contributed by atoms with Crippen molar-refractivity contribution in [1.29, 1.82) is 0 Å². The van der Waals surface area contributed by atoms with Crippen LogP contribution in [0.3, 0.4) is 0 Å². The Bertz CT molecular complexity index is 574. The minimum absolute atomic E-state index is 0. The predicted molar refractivity (Wildman–Crippen MR) is 104 cm³/mol. The van der Waals surface area contributed by atoms with Crippen LogP contribution in [0.2, 0.25) is 0 Å². The van der Waals surface area contributed by atoms with E-state index in [1.807, 2.05) is 18.2 Å². The highest BCUT2D eigenvalue weighted by Crippen LogP contribution is 2.33. The molecule has 1 aromatic rings. The molecule has 1 atom stereocenters. The van der Waals surface area contributed by atoms with Crippen LogP contribution >= 0.6 is 24.8 Å². The molecule has 1 heterocycles. The van der Waals surface area contributed by atoms with E-state index in [1.54, 1.807) is 14.2 Å². The number of nitrogens with two attached hydrogens (primary N) is 1. The van der Waals surface area contributed by atoms with E-state index in [0.29, 0.717) is 12.5 Å². The van der Waals surface area contributed by atoms with Gasteiger partial charge in [0.1, 0.15) is 11.5 Å². The fourth-order valence-electron chi connectivity index (χ4n) is 2.98. The van der Waals surface area contributed by atoms with Crippen LogP contribution in [-0.2, 0) is 4.79 Å². The maximum absolute atomic E-state index is 11.9. The lowest BCUT2D eigenvalue weighted by Crippen LogP contribution is -2.44. The van der Waals surface area contributed by atoms with Crippen molar-refractivity contribution in [3.05, 3.63) is 18.2 Å². The van der Waals surface area contributed by atoms with Crippen molar-refractivity contribution in [3.8, 4) is 11.5 Å². The van der Waals surface area contributed by atoms with Gasteiger partial charge in [-0.2, -0.15) is 0 Å². The molecule has 0 spiro atoms. The van der Waals surface area contributed by atoms with Crippen LogP contribution < -0.4 is 25.4 Å². The summed E-state index contributed by atoms with van der Waals surface area (Å²) in [5.41, 5.74) is 6.41. The molecule has 2 aliphatic rings. The molecule has 1 saturated carbocycles. The highest BCUT2D eigenvalue weighted by atomic mass is 35.5. The van der Waals surface area contributed by atoms with Crippen molar-refractivity contribution in [2.75, 3.05) is 38.8 Å². The number of hydrogen-bond donors (Lipinski definition) is 2. The molecule has 1 saturated heterocycles. The van der Waals surface area contributed by atoms with Gasteiger partial charge in [0, 0.05) is 43.5 Å². The topological polar surface area (TPSA) is 76.8 Å². The number of nitrogens with one attached hydrogen (secondary N) is 1. The molecule has 25 heavy (non-hydrogen) atoms. The summed E-state index contributed by atoms with van der Waals surface area (Å²) in [7, 11) is 3.31. The van der Waals surface area contributed by atoms with Gasteiger partial charge in [-0.15, -0.1) is 24.8 Å². The summed E-state index contributed by atoms with van der Waals surface area (Å²) in [6.45, 7) is 2.56. The number of benzene rings is 1. The second-order valence-electron chi connectivity index (χ2n) is 6.54. The molecule has 0 aromatic heterocycles. The Kier molecular flexibility index (Phi) is 7.65. The molecule has 3 rings (SSSR count). The summed E-state index contributed by atoms with van der Waals surface area (Å²) >= 11 is 0.